The van der Waals surface area contributed by atoms with Gasteiger partial charge >= 0.3 is 0 Å². The summed E-state index contributed by atoms with van der Waals surface area (Å²) >= 11 is 5.88. The van der Waals surface area contributed by atoms with Crippen molar-refractivity contribution in [3.63, 3.8) is 0 Å². The first kappa shape index (κ1) is 12.5. The number of halogens is 1. The number of aryl methyl sites for hydroxylation is 1. The van der Waals surface area contributed by atoms with Crippen molar-refractivity contribution in [1.82, 2.24) is 9.97 Å². The highest BCUT2D eigenvalue weighted by Crippen LogP contribution is 2.24. The second kappa shape index (κ2) is 5.14. The van der Waals surface area contributed by atoms with Crippen LogP contribution < -0.4 is 4.74 Å². The molecule has 2 aromatic rings. The van der Waals surface area contributed by atoms with Gasteiger partial charge < -0.3 is 4.74 Å². The number of benzene rings is 1. The Morgan fingerprint density at radius 1 is 1.28 bits per heavy atom. The molecule has 92 valence electrons. The highest BCUT2D eigenvalue weighted by molar-refractivity contribution is 6.31. The maximum absolute atomic E-state index is 12.2. The van der Waals surface area contributed by atoms with E-state index in [0.29, 0.717) is 16.3 Å². The predicted octanol–water partition coefficient (Wildman–Crippen LogP) is 2.68. The fraction of sp³-hybridized carbons (Fsp3) is 0.154. The van der Waals surface area contributed by atoms with Crippen LogP contribution in [0.15, 0.2) is 30.6 Å². The average molecular weight is 263 g/mol. The van der Waals surface area contributed by atoms with Crippen LogP contribution in [-0.4, -0.2) is 22.9 Å². The van der Waals surface area contributed by atoms with Gasteiger partial charge in [0.25, 0.3) is 0 Å². The summed E-state index contributed by atoms with van der Waals surface area (Å²) in [5.74, 6) is 0.268. The Morgan fingerprint density at radius 3 is 2.56 bits per heavy atom. The molecule has 0 aliphatic rings. The molecular formula is C13H11ClN2O2. The van der Waals surface area contributed by atoms with E-state index in [2.05, 4.69) is 9.97 Å². The summed E-state index contributed by atoms with van der Waals surface area (Å²) in [4.78, 5) is 20.2. The van der Waals surface area contributed by atoms with Crippen LogP contribution in [0.25, 0.3) is 0 Å². The quantitative estimate of drug-likeness (QED) is 0.798. The van der Waals surface area contributed by atoms with Gasteiger partial charge in [0.15, 0.2) is 0 Å². The number of ether oxygens (including phenoxy) is 1. The number of hydrogen-bond donors (Lipinski definition) is 0. The van der Waals surface area contributed by atoms with E-state index >= 15 is 0 Å². The van der Waals surface area contributed by atoms with Gasteiger partial charge in [-0.25, -0.2) is 9.97 Å². The van der Waals surface area contributed by atoms with Gasteiger partial charge in [0.05, 0.1) is 12.7 Å². The normalized spacial score (nSPS) is 10.2. The zero-order valence-electron chi connectivity index (χ0n) is 9.98. The molecule has 1 heterocycles. The van der Waals surface area contributed by atoms with Crippen LogP contribution in [-0.2, 0) is 0 Å². The first-order valence-corrected chi connectivity index (χ1v) is 5.66. The van der Waals surface area contributed by atoms with Crippen LogP contribution in [0.2, 0.25) is 5.02 Å². The number of aromatic nitrogens is 2. The van der Waals surface area contributed by atoms with Gasteiger partial charge in [-0.05, 0) is 30.7 Å². The van der Waals surface area contributed by atoms with Crippen LogP contribution >= 0.6 is 11.6 Å². The van der Waals surface area contributed by atoms with Crippen molar-refractivity contribution >= 4 is 17.4 Å². The first-order valence-electron chi connectivity index (χ1n) is 5.28. The van der Waals surface area contributed by atoms with Gasteiger partial charge in [0, 0.05) is 17.4 Å². The summed E-state index contributed by atoms with van der Waals surface area (Å²) in [6.45, 7) is 1.86. The molecule has 0 amide bonds. The molecule has 1 aromatic carbocycles. The second-order valence-electron chi connectivity index (χ2n) is 3.76. The molecule has 0 radical (unpaired) electrons. The number of carbonyl (C=O) groups is 1. The Labute approximate surface area is 110 Å². The van der Waals surface area contributed by atoms with Crippen molar-refractivity contribution < 1.29 is 9.53 Å². The van der Waals surface area contributed by atoms with Crippen molar-refractivity contribution in [2.45, 2.75) is 6.92 Å². The van der Waals surface area contributed by atoms with E-state index in [0.717, 1.165) is 5.56 Å². The molecule has 18 heavy (non-hydrogen) atoms. The lowest BCUT2D eigenvalue weighted by Crippen LogP contribution is -2.08. The topological polar surface area (TPSA) is 52.1 Å². The van der Waals surface area contributed by atoms with Gasteiger partial charge in [-0.2, -0.15) is 0 Å². The number of carbonyl (C=O) groups excluding carboxylic acids is 1. The number of rotatable bonds is 3. The summed E-state index contributed by atoms with van der Waals surface area (Å²) < 4.78 is 5.13. The molecule has 0 aliphatic carbocycles. The summed E-state index contributed by atoms with van der Waals surface area (Å²) in [6.07, 6.45) is 3.19. The Kier molecular flexibility index (Phi) is 3.58. The van der Waals surface area contributed by atoms with E-state index in [-0.39, 0.29) is 11.6 Å². The predicted molar refractivity (Wildman–Crippen MR) is 68.2 cm³/mol. The van der Waals surface area contributed by atoms with Crippen LogP contribution in [0.4, 0.5) is 0 Å². The van der Waals surface area contributed by atoms with Crippen molar-refractivity contribution in [2.75, 3.05) is 7.11 Å². The number of methoxy groups -OCH3 is 1. The molecule has 4 nitrogen and oxygen atoms in total. The SMILES string of the molecule is COc1ccc(Cl)cc1C(=O)c1ncc(C)cn1. The lowest BCUT2D eigenvalue weighted by Gasteiger charge is -2.07. The molecule has 5 heteroatoms. The molecular weight excluding hydrogens is 252 g/mol. The number of nitrogens with zero attached hydrogens (tertiary/aromatic N) is 2. The van der Waals surface area contributed by atoms with Gasteiger partial charge in [0.1, 0.15) is 5.75 Å². The molecule has 0 saturated heterocycles. The van der Waals surface area contributed by atoms with Crippen LogP contribution in [0.1, 0.15) is 21.7 Å². The van der Waals surface area contributed by atoms with Crippen molar-refractivity contribution in [3.05, 3.63) is 52.6 Å². The van der Waals surface area contributed by atoms with Crippen LogP contribution in [0.5, 0.6) is 5.75 Å². The third-order valence-electron chi connectivity index (χ3n) is 2.39. The number of ketones is 1. The lowest BCUT2D eigenvalue weighted by atomic mass is 10.1. The summed E-state index contributed by atoms with van der Waals surface area (Å²) in [5, 5.41) is 0.464. The van der Waals surface area contributed by atoms with E-state index in [1.165, 1.54) is 7.11 Å². The van der Waals surface area contributed by atoms with Crippen molar-refractivity contribution in [2.24, 2.45) is 0 Å². The molecule has 0 atom stereocenters. The van der Waals surface area contributed by atoms with Crippen molar-refractivity contribution in [1.29, 1.82) is 0 Å². The lowest BCUT2D eigenvalue weighted by molar-refractivity contribution is 0.102. The number of hydrogen-bond acceptors (Lipinski definition) is 4. The van der Waals surface area contributed by atoms with Gasteiger partial charge in [-0.3, -0.25) is 4.79 Å². The molecule has 0 bridgehead atoms. The fourth-order valence-electron chi connectivity index (χ4n) is 1.49. The molecule has 2 rings (SSSR count). The largest absolute Gasteiger partial charge is 0.496 e. The van der Waals surface area contributed by atoms with Gasteiger partial charge in [-0.15, -0.1) is 0 Å². The monoisotopic (exact) mass is 262 g/mol. The Bertz CT molecular complexity index is 582. The molecule has 1 aromatic heterocycles. The third kappa shape index (κ3) is 2.49. The minimum Gasteiger partial charge on any atom is -0.496 e. The first-order chi connectivity index (χ1) is 8.61. The van der Waals surface area contributed by atoms with E-state index < -0.39 is 0 Å². The van der Waals surface area contributed by atoms with E-state index in [4.69, 9.17) is 16.3 Å². The van der Waals surface area contributed by atoms with E-state index in [1.807, 2.05) is 6.92 Å². The maximum Gasteiger partial charge on any atom is 0.234 e. The van der Waals surface area contributed by atoms with Gasteiger partial charge in [0.2, 0.25) is 11.6 Å². The van der Waals surface area contributed by atoms with Crippen LogP contribution in [0.3, 0.4) is 0 Å². The maximum atomic E-state index is 12.2. The highest BCUT2D eigenvalue weighted by atomic mass is 35.5. The minimum atomic E-state index is -0.311. The molecule has 0 aliphatic heterocycles. The summed E-state index contributed by atoms with van der Waals surface area (Å²) in [5.41, 5.74) is 1.25. The fourth-order valence-corrected chi connectivity index (χ4v) is 1.66. The standard InChI is InChI=1S/C13H11ClN2O2/c1-8-6-15-13(16-7-8)12(17)10-5-9(14)3-4-11(10)18-2/h3-7H,1-2H3. The molecule has 0 saturated carbocycles. The summed E-state index contributed by atoms with van der Waals surface area (Å²) in [7, 11) is 1.50. The average Bonchev–Trinajstić information content (AvgIpc) is 2.39. The van der Waals surface area contributed by atoms with Crippen LogP contribution in [0, 0.1) is 6.92 Å². The Morgan fingerprint density at radius 2 is 1.94 bits per heavy atom. The zero-order valence-corrected chi connectivity index (χ0v) is 10.7. The second-order valence-corrected chi connectivity index (χ2v) is 4.19. The molecule has 0 unspecified atom stereocenters. The minimum absolute atomic E-state index is 0.126. The third-order valence-corrected chi connectivity index (χ3v) is 2.63. The molecule has 0 fully saturated rings. The Hall–Kier alpha value is -1.94. The Balaban J connectivity index is 2.45. The van der Waals surface area contributed by atoms with Gasteiger partial charge in [-0.1, -0.05) is 11.6 Å². The smallest absolute Gasteiger partial charge is 0.234 e. The van der Waals surface area contributed by atoms with Crippen molar-refractivity contribution in [3.8, 4) is 5.75 Å². The molecule has 0 spiro atoms. The van der Waals surface area contributed by atoms with E-state index in [9.17, 15) is 4.79 Å². The molecule has 0 N–H and O–H groups in total. The summed E-state index contributed by atoms with van der Waals surface area (Å²) in [6, 6.07) is 4.85. The zero-order chi connectivity index (χ0) is 13.1. The van der Waals surface area contributed by atoms with E-state index in [1.54, 1.807) is 30.6 Å². The highest BCUT2D eigenvalue weighted by Gasteiger charge is 2.17.